The van der Waals surface area contributed by atoms with Gasteiger partial charge < -0.3 is 14.0 Å². The quantitative estimate of drug-likeness (QED) is 0.421. The first kappa shape index (κ1) is 22.7. The van der Waals surface area contributed by atoms with Crippen LogP contribution in [0.3, 0.4) is 0 Å². The molecule has 1 aliphatic heterocycles. The molecule has 5 heterocycles. The Bertz CT molecular complexity index is 1470. The number of pyridine rings is 2. The van der Waals surface area contributed by atoms with Crippen molar-refractivity contribution in [2.75, 3.05) is 13.1 Å². The van der Waals surface area contributed by atoms with E-state index >= 15 is 0 Å². The molecule has 0 unspecified atom stereocenters. The van der Waals surface area contributed by atoms with Crippen molar-refractivity contribution >= 4 is 22.8 Å². The first-order valence-corrected chi connectivity index (χ1v) is 11.7. The Morgan fingerprint density at radius 1 is 1.11 bits per heavy atom. The van der Waals surface area contributed by atoms with Crippen molar-refractivity contribution in [3.05, 3.63) is 53.7 Å². The number of imidazole rings is 1. The molecule has 0 N–H and O–H groups in total. The Kier molecular flexibility index (Phi) is 5.59. The molecule has 1 fully saturated rings. The van der Waals surface area contributed by atoms with Gasteiger partial charge in [-0.05, 0) is 58.7 Å². The van der Waals surface area contributed by atoms with Gasteiger partial charge in [-0.3, -0.25) is 0 Å². The van der Waals surface area contributed by atoms with E-state index in [0.29, 0.717) is 30.1 Å². The molecule has 0 aliphatic carbocycles. The zero-order valence-corrected chi connectivity index (χ0v) is 20.3. The molecule has 5 rings (SSSR count). The van der Waals surface area contributed by atoms with Gasteiger partial charge in [0.15, 0.2) is 11.5 Å². The molecule has 4 aromatic heterocycles. The van der Waals surface area contributed by atoms with Crippen LogP contribution < -0.4 is 0 Å². The summed E-state index contributed by atoms with van der Waals surface area (Å²) in [5.74, 6) is 0.797. The lowest BCUT2D eigenvalue weighted by Crippen LogP contribution is -2.41. The molecule has 4 aromatic rings. The van der Waals surface area contributed by atoms with Gasteiger partial charge in [-0.15, -0.1) is 0 Å². The number of amides is 1. The summed E-state index contributed by atoms with van der Waals surface area (Å²) >= 11 is 0. The largest absolute Gasteiger partial charge is 0.444 e. The monoisotopic (exact) mass is 469 g/mol. The lowest BCUT2D eigenvalue weighted by atomic mass is 9.93. The number of aryl methyl sites for hydroxylation is 1. The number of nitriles is 1. The number of rotatable bonds is 2. The third-order valence-corrected chi connectivity index (χ3v) is 6.07. The van der Waals surface area contributed by atoms with E-state index in [4.69, 9.17) is 14.7 Å². The number of aromatic nitrogens is 5. The second-order valence-electron chi connectivity index (χ2n) is 9.94. The zero-order chi connectivity index (χ0) is 24.7. The van der Waals surface area contributed by atoms with Gasteiger partial charge in [0.25, 0.3) is 0 Å². The first-order chi connectivity index (χ1) is 16.7. The Morgan fingerprint density at radius 3 is 2.60 bits per heavy atom. The van der Waals surface area contributed by atoms with Crippen molar-refractivity contribution in [1.29, 1.82) is 5.26 Å². The van der Waals surface area contributed by atoms with Crippen LogP contribution in [0.1, 0.15) is 56.5 Å². The maximum absolute atomic E-state index is 12.3. The highest BCUT2D eigenvalue weighted by Crippen LogP contribution is 2.29. The standard InChI is InChI=1S/C26H27N7O2/c1-16-14-33-15-19(11-18(12-27)24(33)29-16)23-28-13-22-21(31-23)6-5-20(30-22)17-7-9-32(10-8-17)25(34)35-26(2,3)4/h5-6,11,13-15,17H,7-10H2,1-4H3. The second kappa shape index (κ2) is 8.62. The second-order valence-corrected chi connectivity index (χ2v) is 9.94. The third kappa shape index (κ3) is 4.64. The molecule has 1 aliphatic rings. The van der Waals surface area contributed by atoms with E-state index in [2.05, 4.69) is 16.0 Å². The zero-order valence-electron chi connectivity index (χ0n) is 20.3. The molecule has 35 heavy (non-hydrogen) atoms. The van der Waals surface area contributed by atoms with Gasteiger partial charge in [0.05, 0.1) is 23.0 Å². The summed E-state index contributed by atoms with van der Waals surface area (Å²) in [7, 11) is 0. The number of hydrogen-bond acceptors (Lipinski definition) is 7. The average molecular weight is 470 g/mol. The summed E-state index contributed by atoms with van der Waals surface area (Å²) in [6.07, 6.45) is 6.90. The van der Waals surface area contributed by atoms with Crippen molar-refractivity contribution in [3.8, 4) is 17.5 Å². The molecule has 9 nitrogen and oxygen atoms in total. The number of likely N-dealkylation sites (tertiary alicyclic amines) is 1. The first-order valence-electron chi connectivity index (χ1n) is 11.7. The minimum absolute atomic E-state index is 0.257. The molecule has 0 radical (unpaired) electrons. The number of ether oxygens (including phenoxy) is 1. The summed E-state index contributed by atoms with van der Waals surface area (Å²) in [5, 5.41) is 9.56. The summed E-state index contributed by atoms with van der Waals surface area (Å²) in [6.45, 7) is 8.82. The highest BCUT2D eigenvalue weighted by Gasteiger charge is 2.28. The van der Waals surface area contributed by atoms with E-state index in [1.807, 2.05) is 56.6 Å². The number of nitrogens with zero attached hydrogens (tertiary/aromatic N) is 7. The normalized spacial score (nSPS) is 14.9. The summed E-state index contributed by atoms with van der Waals surface area (Å²) in [4.78, 5) is 32.6. The van der Waals surface area contributed by atoms with Crippen molar-refractivity contribution in [2.24, 2.45) is 0 Å². The number of carbonyl (C=O) groups excluding carboxylic acids is 1. The van der Waals surface area contributed by atoms with Crippen molar-refractivity contribution in [2.45, 2.75) is 52.1 Å². The van der Waals surface area contributed by atoms with Crippen LogP contribution in [-0.2, 0) is 4.74 Å². The number of carbonyl (C=O) groups is 1. The topological polar surface area (TPSA) is 109 Å². The van der Waals surface area contributed by atoms with Gasteiger partial charge in [-0.25, -0.2) is 24.7 Å². The Hall–Kier alpha value is -4.06. The fourth-order valence-electron chi connectivity index (χ4n) is 4.41. The van der Waals surface area contributed by atoms with Crippen LogP contribution in [0.5, 0.6) is 0 Å². The molecule has 178 valence electrons. The molecule has 0 aromatic carbocycles. The maximum Gasteiger partial charge on any atom is 0.410 e. The van der Waals surface area contributed by atoms with E-state index in [0.717, 1.165) is 40.8 Å². The van der Waals surface area contributed by atoms with Gasteiger partial charge in [0.1, 0.15) is 17.2 Å². The molecule has 1 amide bonds. The van der Waals surface area contributed by atoms with Gasteiger partial charge in [0, 0.05) is 42.7 Å². The highest BCUT2D eigenvalue weighted by molar-refractivity contribution is 5.76. The molecule has 0 spiro atoms. The summed E-state index contributed by atoms with van der Waals surface area (Å²) in [5.41, 5.74) is 4.64. The summed E-state index contributed by atoms with van der Waals surface area (Å²) in [6, 6.07) is 7.96. The minimum Gasteiger partial charge on any atom is -0.444 e. The molecule has 9 heteroatoms. The van der Waals surface area contributed by atoms with E-state index in [1.165, 1.54) is 0 Å². The van der Waals surface area contributed by atoms with E-state index in [1.54, 1.807) is 17.2 Å². The van der Waals surface area contributed by atoms with Crippen molar-refractivity contribution < 1.29 is 9.53 Å². The van der Waals surface area contributed by atoms with E-state index < -0.39 is 5.60 Å². The molecular weight excluding hydrogens is 442 g/mol. The fraction of sp³-hybridized carbons (Fsp3) is 0.385. The van der Waals surface area contributed by atoms with Crippen LogP contribution in [0.25, 0.3) is 28.1 Å². The van der Waals surface area contributed by atoms with Crippen LogP contribution in [0.2, 0.25) is 0 Å². The predicted octanol–water partition coefficient (Wildman–Crippen LogP) is 4.63. The lowest BCUT2D eigenvalue weighted by Gasteiger charge is -2.33. The van der Waals surface area contributed by atoms with Crippen molar-refractivity contribution in [3.63, 3.8) is 0 Å². The van der Waals surface area contributed by atoms with Gasteiger partial charge in [-0.2, -0.15) is 5.26 Å². The minimum atomic E-state index is -0.494. The maximum atomic E-state index is 12.3. The Morgan fingerprint density at radius 2 is 1.89 bits per heavy atom. The Balaban J connectivity index is 1.35. The summed E-state index contributed by atoms with van der Waals surface area (Å²) < 4.78 is 7.33. The van der Waals surface area contributed by atoms with Crippen LogP contribution >= 0.6 is 0 Å². The number of fused-ring (bicyclic) bond motifs is 2. The van der Waals surface area contributed by atoms with Gasteiger partial charge in [0.2, 0.25) is 0 Å². The van der Waals surface area contributed by atoms with Gasteiger partial charge >= 0.3 is 6.09 Å². The van der Waals surface area contributed by atoms with Gasteiger partial charge in [-0.1, -0.05) is 0 Å². The molecular formula is C26H27N7O2. The van der Waals surface area contributed by atoms with E-state index in [9.17, 15) is 10.1 Å². The van der Waals surface area contributed by atoms with Crippen LogP contribution in [-0.4, -0.2) is 54.0 Å². The van der Waals surface area contributed by atoms with Crippen LogP contribution in [0, 0.1) is 18.3 Å². The highest BCUT2D eigenvalue weighted by atomic mass is 16.6. The Labute approximate surface area is 203 Å². The average Bonchev–Trinajstić information content (AvgIpc) is 3.22. The third-order valence-electron chi connectivity index (χ3n) is 6.07. The smallest absolute Gasteiger partial charge is 0.410 e. The number of piperidine rings is 1. The molecule has 0 saturated carbocycles. The predicted molar refractivity (Wildman–Crippen MR) is 131 cm³/mol. The lowest BCUT2D eigenvalue weighted by molar-refractivity contribution is 0.0204. The molecule has 0 bridgehead atoms. The van der Waals surface area contributed by atoms with Crippen LogP contribution in [0.15, 0.2) is 36.8 Å². The van der Waals surface area contributed by atoms with Crippen molar-refractivity contribution in [1.82, 2.24) is 29.2 Å². The molecule has 1 saturated heterocycles. The fourth-order valence-corrected chi connectivity index (χ4v) is 4.41. The van der Waals surface area contributed by atoms with E-state index in [-0.39, 0.29) is 12.0 Å². The van der Waals surface area contributed by atoms with Crippen LogP contribution in [0.4, 0.5) is 4.79 Å². The SMILES string of the molecule is Cc1cn2cc(-c3ncc4nc(C5CCN(C(=O)OC(C)(C)C)CC5)ccc4n3)cc(C#N)c2n1. The molecule has 0 atom stereocenters. The number of hydrogen-bond donors (Lipinski definition) is 0.